The van der Waals surface area contributed by atoms with E-state index in [0.717, 1.165) is 23.0 Å². The summed E-state index contributed by atoms with van der Waals surface area (Å²) in [6.45, 7) is 2.58. The largest absolute Gasteiger partial charge is 0.353 e. The summed E-state index contributed by atoms with van der Waals surface area (Å²) in [6.07, 6.45) is 4.68. The van der Waals surface area contributed by atoms with Crippen molar-refractivity contribution in [3.05, 3.63) is 16.4 Å². The second-order valence-corrected chi connectivity index (χ2v) is 4.77. The number of nitrogens with zero attached hydrogens (tertiary/aromatic N) is 2. The number of nitrogens with one attached hydrogen (secondary N) is 1. The number of amides is 1. The highest BCUT2D eigenvalue weighted by Crippen LogP contribution is 2.18. The Hall–Kier alpha value is -0.840. The number of aromatic nitrogens is 2. The van der Waals surface area contributed by atoms with E-state index in [1.165, 1.54) is 0 Å². The Balaban J connectivity index is 1.78. The summed E-state index contributed by atoms with van der Waals surface area (Å²) < 4.78 is 2.79. The lowest BCUT2D eigenvalue weighted by Gasteiger charge is -2.02. The third-order valence-corrected chi connectivity index (χ3v) is 3.18. The first-order chi connectivity index (χ1) is 7.15. The van der Waals surface area contributed by atoms with Crippen LogP contribution in [0.1, 0.15) is 25.0 Å². The van der Waals surface area contributed by atoms with Gasteiger partial charge in [-0.25, -0.2) is 0 Å². The van der Waals surface area contributed by atoms with Crippen molar-refractivity contribution in [1.82, 2.24) is 15.1 Å². The van der Waals surface area contributed by atoms with Gasteiger partial charge < -0.3 is 5.32 Å². The van der Waals surface area contributed by atoms with E-state index in [2.05, 4.69) is 26.3 Å². The number of hydrogen-bond donors (Lipinski definition) is 1. The molecule has 15 heavy (non-hydrogen) atoms. The zero-order valence-electron chi connectivity index (χ0n) is 8.66. The molecular formula is C10H14BrN3O. The second-order valence-electron chi connectivity index (χ2n) is 3.92. The van der Waals surface area contributed by atoms with Crippen LogP contribution in [0.5, 0.6) is 0 Å². The first kappa shape index (κ1) is 10.7. The molecule has 0 aliphatic heterocycles. The summed E-state index contributed by atoms with van der Waals surface area (Å²) in [4.78, 5) is 11.4. The molecule has 1 N–H and O–H groups in total. The van der Waals surface area contributed by atoms with Gasteiger partial charge in [-0.2, -0.15) is 5.10 Å². The zero-order valence-corrected chi connectivity index (χ0v) is 10.2. The van der Waals surface area contributed by atoms with Crippen LogP contribution >= 0.6 is 15.9 Å². The molecule has 1 saturated carbocycles. The maximum absolute atomic E-state index is 11.4. The van der Waals surface area contributed by atoms with Crippen molar-refractivity contribution < 1.29 is 4.79 Å². The Labute approximate surface area is 97.2 Å². The fourth-order valence-corrected chi connectivity index (χ4v) is 1.67. The minimum atomic E-state index is 0.127. The van der Waals surface area contributed by atoms with Gasteiger partial charge in [-0.15, -0.1) is 0 Å². The standard InChI is InChI=1S/C10H14BrN3O/c1-7-9(11)6-14(13-7)5-4-10(15)12-8-2-3-8/h6,8H,2-5H2,1H3,(H,12,15). The van der Waals surface area contributed by atoms with Crippen molar-refractivity contribution in [2.45, 2.75) is 38.8 Å². The number of hydrogen-bond acceptors (Lipinski definition) is 2. The molecule has 1 fully saturated rings. The van der Waals surface area contributed by atoms with Crippen LogP contribution in [0.25, 0.3) is 0 Å². The molecule has 5 heteroatoms. The maximum Gasteiger partial charge on any atom is 0.222 e. The summed E-state index contributed by atoms with van der Waals surface area (Å²) in [7, 11) is 0. The number of halogens is 1. The van der Waals surface area contributed by atoms with Crippen LogP contribution in [0.15, 0.2) is 10.7 Å². The Morgan fingerprint density at radius 2 is 2.47 bits per heavy atom. The average molecular weight is 272 g/mol. The highest BCUT2D eigenvalue weighted by Gasteiger charge is 2.22. The van der Waals surface area contributed by atoms with E-state index in [1.54, 1.807) is 4.68 Å². The van der Waals surface area contributed by atoms with Crippen LogP contribution in [-0.4, -0.2) is 21.7 Å². The summed E-state index contributed by atoms with van der Waals surface area (Å²) >= 11 is 3.39. The molecule has 1 aromatic rings. The summed E-state index contributed by atoms with van der Waals surface area (Å²) in [6, 6.07) is 0.448. The van der Waals surface area contributed by atoms with Gasteiger partial charge >= 0.3 is 0 Å². The van der Waals surface area contributed by atoms with Gasteiger partial charge in [0.05, 0.1) is 10.2 Å². The molecule has 0 unspecified atom stereocenters. The van der Waals surface area contributed by atoms with Gasteiger partial charge in [0.15, 0.2) is 0 Å². The smallest absolute Gasteiger partial charge is 0.222 e. The van der Waals surface area contributed by atoms with E-state index in [4.69, 9.17) is 0 Å². The van der Waals surface area contributed by atoms with Crippen molar-refractivity contribution >= 4 is 21.8 Å². The van der Waals surface area contributed by atoms with Gasteiger partial charge in [0.25, 0.3) is 0 Å². The molecule has 4 nitrogen and oxygen atoms in total. The molecule has 0 atom stereocenters. The lowest BCUT2D eigenvalue weighted by molar-refractivity contribution is -0.121. The molecular weight excluding hydrogens is 258 g/mol. The minimum absolute atomic E-state index is 0.127. The Morgan fingerprint density at radius 3 is 3.00 bits per heavy atom. The van der Waals surface area contributed by atoms with Crippen molar-refractivity contribution in [3.8, 4) is 0 Å². The lowest BCUT2D eigenvalue weighted by Crippen LogP contribution is -2.26. The van der Waals surface area contributed by atoms with E-state index in [0.29, 0.717) is 19.0 Å². The average Bonchev–Trinajstić information content (AvgIpc) is 2.92. The number of carbonyl (C=O) groups excluding carboxylic acids is 1. The number of rotatable bonds is 4. The van der Waals surface area contributed by atoms with Crippen LogP contribution in [0, 0.1) is 6.92 Å². The van der Waals surface area contributed by atoms with E-state index in [1.807, 2.05) is 13.1 Å². The maximum atomic E-state index is 11.4. The molecule has 0 saturated heterocycles. The fourth-order valence-electron chi connectivity index (χ4n) is 1.35. The van der Waals surface area contributed by atoms with Gasteiger partial charge in [-0.05, 0) is 35.7 Å². The van der Waals surface area contributed by atoms with Gasteiger partial charge in [-0.1, -0.05) is 0 Å². The molecule has 0 aromatic carbocycles. The van der Waals surface area contributed by atoms with Crippen molar-refractivity contribution in [2.75, 3.05) is 0 Å². The molecule has 2 rings (SSSR count). The molecule has 1 amide bonds. The Kier molecular flexibility index (Phi) is 3.09. The van der Waals surface area contributed by atoms with E-state index in [-0.39, 0.29) is 5.91 Å². The molecule has 0 bridgehead atoms. The minimum Gasteiger partial charge on any atom is -0.353 e. The van der Waals surface area contributed by atoms with Crippen molar-refractivity contribution in [1.29, 1.82) is 0 Å². The highest BCUT2D eigenvalue weighted by atomic mass is 79.9. The predicted octanol–water partition coefficient (Wildman–Crippen LogP) is 1.62. The van der Waals surface area contributed by atoms with Gasteiger partial charge in [0, 0.05) is 25.2 Å². The SMILES string of the molecule is Cc1nn(CCC(=O)NC2CC2)cc1Br. The van der Waals surface area contributed by atoms with Crippen LogP contribution in [0.3, 0.4) is 0 Å². The molecule has 1 aromatic heterocycles. The Morgan fingerprint density at radius 1 is 1.73 bits per heavy atom. The van der Waals surface area contributed by atoms with Crippen molar-refractivity contribution in [3.63, 3.8) is 0 Å². The zero-order chi connectivity index (χ0) is 10.8. The number of aryl methyl sites for hydroxylation is 2. The summed E-state index contributed by atoms with van der Waals surface area (Å²) in [5, 5.41) is 7.22. The summed E-state index contributed by atoms with van der Waals surface area (Å²) in [5.74, 6) is 0.127. The van der Waals surface area contributed by atoms with Crippen LogP contribution < -0.4 is 5.32 Å². The normalized spacial score (nSPS) is 15.3. The quantitative estimate of drug-likeness (QED) is 0.905. The van der Waals surface area contributed by atoms with Crippen LogP contribution in [-0.2, 0) is 11.3 Å². The topological polar surface area (TPSA) is 46.9 Å². The van der Waals surface area contributed by atoms with Gasteiger partial charge in [0.2, 0.25) is 5.91 Å². The summed E-state index contributed by atoms with van der Waals surface area (Å²) in [5.41, 5.74) is 0.956. The van der Waals surface area contributed by atoms with E-state index >= 15 is 0 Å². The van der Waals surface area contributed by atoms with E-state index < -0.39 is 0 Å². The third-order valence-electron chi connectivity index (χ3n) is 2.40. The fraction of sp³-hybridized carbons (Fsp3) is 0.600. The highest BCUT2D eigenvalue weighted by molar-refractivity contribution is 9.10. The van der Waals surface area contributed by atoms with Gasteiger partial charge in [-0.3, -0.25) is 9.48 Å². The second kappa shape index (κ2) is 4.35. The van der Waals surface area contributed by atoms with Crippen LogP contribution in [0.2, 0.25) is 0 Å². The molecule has 1 heterocycles. The molecule has 1 aliphatic rings. The third kappa shape index (κ3) is 3.06. The predicted molar refractivity (Wildman–Crippen MR) is 60.4 cm³/mol. The van der Waals surface area contributed by atoms with Gasteiger partial charge in [0.1, 0.15) is 0 Å². The van der Waals surface area contributed by atoms with Crippen LogP contribution in [0.4, 0.5) is 0 Å². The van der Waals surface area contributed by atoms with E-state index in [9.17, 15) is 4.79 Å². The number of carbonyl (C=O) groups is 1. The van der Waals surface area contributed by atoms with Crippen molar-refractivity contribution in [2.24, 2.45) is 0 Å². The first-order valence-corrected chi connectivity index (χ1v) is 5.93. The molecule has 0 spiro atoms. The monoisotopic (exact) mass is 271 g/mol. The first-order valence-electron chi connectivity index (χ1n) is 5.14. The molecule has 0 radical (unpaired) electrons. The lowest BCUT2D eigenvalue weighted by atomic mass is 10.4. The molecule has 82 valence electrons. The molecule has 1 aliphatic carbocycles. The Bertz CT molecular complexity index is 351.